The van der Waals surface area contributed by atoms with Crippen molar-refractivity contribution >= 4 is 0 Å². The number of hydroxylamine groups is 2. The van der Waals surface area contributed by atoms with Crippen LogP contribution in [-0.4, -0.2) is 36.6 Å². The molecule has 0 radical (unpaired) electrons. The van der Waals surface area contributed by atoms with Gasteiger partial charge in [0.25, 0.3) is 0 Å². The molecule has 0 aliphatic carbocycles. The van der Waals surface area contributed by atoms with E-state index in [1.54, 1.807) is 7.05 Å². The van der Waals surface area contributed by atoms with Crippen molar-refractivity contribution in [2.24, 2.45) is 0 Å². The van der Waals surface area contributed by atoms with Crippen LogP contribution in [0.15, 0.2) is 24.3 Å². The molecule has 1 aromatic rings. The number of rotatable bonds is 2. The molecule has 1 aromatic carbocycles. The van der Waals surface area contributed by atoms with Gasteiger partial charge in [0.1, 0.15) is 12.7 Å². The van der Waals surface area contributed by atoms with Gasteiger partial charge < -0.3 is 14.7 Å². The van der Waals surface area contributed by atoms with Crippen molar-refractivity contribution in [1.82, 2.24) is 5.06 Å². The summed E-state index contributed by atoms with van der Waals surface area (Å²) in [6, 6.07) is 7.53. The smallest absolute Gasteiger partial charge is 0.161 e. The van der Waals surface area contributed by atoms with Gasteiger partial charge in [0.05, 0.1) is 6.54 Å². The Kier molecular flexibility index (Phi) is 2.56. The average Bonchev–Trinajstić information content (AvgIpc) is 2.17. The summed E-state index contributed by atoms with van der Waals surface area (Å²) in [5, 5.41) is 10.1. The number of para-hydroxylation sites is 2. The van der Waals surface area contributed by atoms with E-state index in [9.17, 15) is 0 Å². The summed E-state index contributed by atoms with van der Waals surface area (Å²) in [6.07, 6.45) is -0.111. The first-order valence-electron chi connectivity index (χ1n) is 4.54. The van der Waals surface area contributed by atoms with Gasteiger partial charge in [0.2, 0.25) is 0 Å². The molecular weight excluding hydrogens is 182 g/mol. The second kappa shape index (κ2) is 3.86. The number of hydrogen-bond donors (Lipinski definition) is 1. The van der Waals surface area contributed by atoms with E-state index in [4.69, 9.17) is 14.7 Å². The highest BCUT2D eigenvalue weighted by Crippen LogP contribution is 2.30. The number of ether oxygens (including phenoxy) is 2. The fraction of sp³-hybridized carbons (Fsp3) is 0.400. The molecule has 0 fully saturated rings. The second-order valence-electron chi connectivity index (χ2n) is 3.34. The lowest BCUT2D eigenvalue weighted by molar-refractivity contribution is -0.0944. The van der Waals surface area contributed by atoms with Crippen LogP contribution in [0.5, 0.6) is 11.5 Å². The van der Waals surface area contributed by atoms with Gasteiger partial charge in [-0.1, -0.05) is 12.1 Å². The fourth-order valence-corrected chi connectivity index (χ4v) is 1.45. The molecule has 1 aliphatic rings. The van der Waals surface area contributed by atoms with Crippen LogP contribution in [0.1, 0.15) is 0 Å². The summed E-state index contributed by atoms with van der Waals surface area (Å²) in [4.78, 5) is 0. The summed E-state index contributed by atoms with van der Waals surface area (Å²) < 4.78 is 11.1. The minimum Gasteiger partial charge on any atom is -0.486 e. The molecule has 1 N–H and O–H groups in total. The van der Waals surface area contributed by atoms with Crippen molar-refractivity contribution < 1.29 is 14.7 Å². The number of hydrogen-bond acceptors (Lipinski definition) is 4. The molecular formula is C10H13NO3. The van der Waals surface area contributed by atoms with Crippen LogP contribution in [0.3, 0.4) is 0 Å². The number of benzene rings is 1. The molecule has 14 heavy (non-hydrogen) atoms. The normalized spacial score (nSPS) is 19.8. The van der Waals surface area contributed by atoms with E-state index in [0.29, 0.717) is 13.2 Å². The Morgan fingerprint density at radius 2 is 2.14 bits per heavy atom. The van der Waals surface area contributed by atoms with E-state index < -0.39 is 0 Å². The Bertz CT molecular complexity index is 314. The zero-order valence-electron chi connectivity index (χ0n) is 8.01. The lowest BCUT2D eigenvalue weighted by Gasteiger charge is -2.27. The molecule has 4 heteroatoms. The largest absolute Gasteiger partial charge is 0.486 e. The molecule has 1 aliphatic heterocycles. The molecule has 0 spiro atoms. The van der Waals surface area contributed by atoms with Crippen molar-refractivity contribution in [3.8, 4) is 11.5 Å². The van der Waals surface area contributed by atoms with Crippen molar-refractivity contribution in [1.29, 1.82) is 0 Å². The van der Waals surface area contributed by atoms with Crippen molar-refractivity contribution in [2.45, 2.75) is 6.10 Å². The summed E-state index contributed by atoms with van der Waals surface area (Å²) in [7, 11) is 1.59. The lowest BCUT2D eigenvalue weighted by Crippen LogP contribution is -2.38. The highest BCUT2D eigenvalue weighted by atomic mass is 16.6. The third kappa shape index (κ3) is 1.97. The van der Waals surface area contributed by atoms with E-state index in [0.717, 1.165) is 16.6 Å². The highest BCUT2D eigenvalue weighted by Gasteiger charge is 2.21. The molecule has 2 rings (SSSR count). The molecule has 0 saturated heterocycles. The first kappa shape index (κ1) is 9.30. The average molecular weight is 195 g/mol. The topological polar surface area (TPSA) is 41.9 Å². The summed E-state index contributed by atoms with van der Waals surface area (Å²) in [5.74, 6) is 1.51. The van der Waals surface area contributed by atoms with Crippen molar-refractivity contribution in [3.63, 3.8) is 0 Å². The maximum atomic E-state index is 9.05. The van der Waals surface area contributed by atoms with E-state index >= 15 is 0 Å². The van der Waals surface area contributed by atoms with Gasteiger partial charge in [-0.3, -0.25) is 0 Å². The van der Waals surface area contributed by atoms with Crippen LogP contribution >= 0.6 is 0 Å². The summed E-state index contributed by atoms with van der Waals surface area (Å²) >= 11 is 0. The predicted molar refractivity (Wildman–Crippen MR) is 50.8 cm³/mol. The van der Waals surface area contributed by atoms with Gasteiger partial charge in [-0.25, -0.2) is 0 Å². The fourth-order valence-electron chi connectivity index (χ4n) is 1.45. The van der Waals surface area contributed by atoms with Crippen LogP contribution in [0.2, 0.25) is 0 Å². The number of fused-ring (bicyclic) bond motifs is 1. The van der Waals surface area contributed by atoms with E-state index in [2.05, 4.69) is 0 Å². The van der Waals surface area contributed by atoms with Gasteiger partial charge in [0, 0.05) is 7.05 Å². The molecule has 0 amide bonds. The highest BCUT2D eigenvalue weighted by molar-refractivity contribution is 5.40. The van der Waals surface area contributed by atoms with Gasteiger partial charge in [-0.05, 0) is 12.1 Å². The Hall–Kier alpha value is -1.26. The monoisotopic (exact) mass is 195 g/mol. The number of nitrogens with zero attached hydrogens (tertiary/aromatic N) is 1. The first-order valence-corrected chi connectivity index (χ1v) is 4.54. The van der Waals surface area contributed by atoms with Crippen LogP contribution < -0.4 is 9.47 Å². The third-order valence-electron chi connectivity index (χ3n) is 2.04. The Balaban J connectivity index is 2.06. The maximum Gasteiger partial charge on any atom is 0.161 e. The summed E-state index contributed by atoms with van der Waals surface area (Å²) in [5.41, 5.74) is 0. The molecule has 4 nitrogen and oxygen atoms in total. The van der Waals surface area contributed by atoms with E-state index in [1.165, 1.54) is 0 Å². The standard InChI is InChI=1S/C10H13NO3/c1-11(12)6-8-7-13-9-4-2-3-5-10(9)14-8/h2-5,8,12H,6-7H2,1H3. The maximum absolute atomic E-state index is 9.05. The minimum atomic E-state index is -0.111. The van der Waals surface area contributed by atoms with Crippen molar-refractivity contribution in [3.05, 3.63) is 24.3 Å². The third-order valence-corrected chi connectivity index (χ3v) is 2.04. The lowest BCUT2D eigenvalue weighted by atomic mass is 10.2. The molecule has 0 aromatic heterocycles. The number of likely N-dealkylation sites (N-methyl/N-ethyl adjacent to an activating group) is 1. The summed E-state index contributed by atoms with van der Waals surface area (Å²) in [6.45, 7) is 0.913. The van der Waals surface area contributed by atoms with Crippen LogP contribution in [-0.2, 0) is 0 Å². The predicted octanol–water partition coefficient (Wildman–Crippen LogP) is 1.15. The zero-order valence-corrected chi connectivity index (χ0v) is 8.01. The minimum absolute atomic E-state index is 0.111. The van der Waals surface area contributed by atoms with Crippen LogP contribution in [0.4, 0.5) is 0 Å². The second-order valence-corrected chi connectivity index (χ2v) is 3.34. The SMILES string of the molecule is CN(O)CC1COc2ccccc2O1. The van der Waals surface area contributed by atoms with Gasteiger partial charge >= 0.3 is 0 Å². The molecule has 76 valence electrons. The molecule has 1 heterocycles. The quantitative estimate of drug-likeness (QED) is 0.719. The van der Waals surface area contributed by atoms with Crippen LogP contribution in [0, 0.1) is 0 Å². The Morgan fingerprint density at radius 3 is 2.86 bits per heavy atom. The molecule has 0 bridgehead atoms. The van der Waals surface area contributed by atoms with Gasteiger partial charge in [-0.15, -0.1) is 0 Å². The zero-order chi connectivity index (χ0) is 9.97. The van der Waals surface area contributed by atoms with E-state index in [-0.39, 0.29) is 6.10 Å². The Labute approximate surface area is 82.6 Å². The molecule has 1 unspecified atom stereocenters. The Morgan fingerprint density at radius 1 is 1.43 bits per heavy atom. The molecule has 0 saturated carbocycles. The molecule has 1 atom stereocenters. The van der Waals surface area contributed by atoms with E-state index in [1.807, 2.05) is 24.3 Å². The first-order chi connectivity index (χ1) is 6.75. The van der Waals surface area contributed by atoms with Gasteiger partial charge in [-0.2, -0.15) is 5.06 Å². The van der Waals surface area contributed by atoms with Crippen molar-refractivity contribution in [2.75, 3.05) is 20.2 Å². The van der Waals surface area contributed by atoms with Gasteiger partial charge in [0.15, 0.2) is 11.5 Å². The van der Waals surface area contributed by atoms with Crippen LogP contribution in [0.25, 0.3) is 0 Å².